The molecule has 1 amide bonds. The van der Waals surface area contributed by atoms with E-state index in [-0.39, 0.29) is 12.3 Å². The van der Waals surface area contributed by atoms with Gasteiger partial charge in [-0.05, 0) is 36.2 Å². The predicted octanol–water partition coefficient (Wildman–Crippen LogP) is 2.40. The number of rotatable bonds is 7. The van der Waals surface area contributed by atoms with Crippen molar-refractivity contribution in [1.29, 1.82) is 0 Å². The minimum Gasteiger partial charge on any atom is -0.457 e. The van der Waals surface area contributed by atoms with Gasteiger partial charge in [-0.2, -0.15) is 0 Å². The summed E-state index contributed by atoms with van der Waals surface area (Å²) in [7, 11) is 0. The molecule has 0 spiro atoms. The Bertz CT molecular complexity index is 613. The molecule has 2 unspecified atom stereocenters. The Morgan fingerprint density at radius 3 is 2.26 bits per heavy atom. The van der Waals surface area contributed by atoms with Gasteiger partial charge in [0.15, 0.2) is 0 Å². The van der Waals surface area contributed by atoms with E-state index in [1.165, 1.54) is 6.92 Å². The molecule has 2 atom stereocenters. The Morgan fingerprint density at radius 2 is 1.65 bits per heavy atom. The van der Waals surface area contributed by atoms with E-state index in [0.717, 1.165) is 5.75 Å². The van der Waals surface area contributed by atoms with E-state index in [2.05, 4.69) is 5.32 Å². The number of benzene rings is 2. The first-order valence-corrected chi connectivity index (χ1v) is 7.49. The lowest BCUT2D eigenvalue weighted by molar-refractivity contribution is -0.119. The number of carbonyl (C=O) groups is 1. The van der Waals surface area contributed by atoms with E-state index in [0.29, 0.717) is 17.9 Å². The van der Waals surface area contributed by atoms with Crippen LogP contribution in [0.4, 0.5) is 0 Å². The molecule has 0 saturated carbocycles. The second-order valence-corrected chi connectivity index (χ2v) is 5.27. The zero-order valence-electron chi connectivity index (χ0n) is 13.0. The number of aliphatic hydroxyl groups excluding tert-OH is 2. The number of aliphatic hydroxyl groups is 2. The molecule has 3 N–H and O–H groups in total. The van der Waals surface area contributed by atoms with Crippen LogP contribution in [-0.4, -0.2) is 28.8 Å². The third-order valence-electron chi connectivity index (χ3n) is 3.38. The van der Waals surface area contributed by atoms with Gasteiger partial charge in [0.2, 0.25) is 5.91 Å². The maximum atomic E-state index is 10.8. The molecule has 2 aromatic carbocycles. The number of carbonyl (C=O) groups excluding carboxylic acids is 1. The number of amides is 1. The molecule has 0 saturated heterocycles. The van der Waals surface area contributed by atoms with Crippen molar-refractivity contribution in [3.05, 3.63) is 60.2 Å². The molecular formula is C18H21NO4. The van der Waals surface area contributed by atoms with Crippen LogP contribution in [0.25, 0.3) is 0 Å². The van der Waals surface area contributed by atoms with Crippen LogP contribution in [0.1, 0.15) is 25.0 Å². The zero-order chi connectivity index (χ0) is 16.7. The predicted molar refractivity (Wildman–Crippen MR) is 87.2 cm³/mol. The topological polar surface area (TPSA) is 78.8 Å². The fourth-order valence-corrected chi connectivity index (χ4v) is 2.13. The third kappa shape index (κ3) is 5.39. The molecule has 0 aliphatic carbocycles. The molecule has 5 nitrogen and oxygen atoms in total. The normalized spacial score (nSPS) is 13.2. The van der Waals surface area contributed by atoms with Gasteiger partial charge in [0.1, 0.15) is 17.6 Å². The third-order valence-corrected chi connectivity index (χ3v) is 3.38. The Morgan fingerprint density at radius 1 is 1.04 bits per heavy atom. The molecule has 0 aromatic heterocycles. The Kier molecular flexibility index (Phi) is 6.14. The maximum absolute atomic E-state index is 10.8. The summed E-state index contributed by atoms with van der Waals surface area (Å²) in [5, 5.41) is 22.7. The molecule has 2 rings (SSSR count). The fourth-order valence-electron chi connectivity index (χ4n) is 2.13. The molecule has 0 aliphatic heterocycles. The van der Waals surface area contributed by atoms with Gasteiger partial charge in [-0.3, -0.25) is 4.79 Å². The van der Waals surface area contributed by atoms with Crippen LogP contribution in [0.2, 0.25) is 0 Å². The summed E-state index contributed by atoms with van der Waals surface area (Å²) in [5.74, 6) is 1.23. The van der Waals surface area contributed by atoms with Gasteiger partial charge >= 0.3 is 0 Å². The first kappa shape index (κ1) is 17.0. The highest BCUT2D eigenvalue weighted by Gasteiger charge is 2.18. The lowest BCUT2D eigenvalue weighted by Crippen LogP contribution is -2.27. The quantitative estimate of drug-likeness (QED) is 0.733. The van der Waals surface area contributed by atoms with Crippen molar-refractivity contribution < 1.29 is 19.7 Å². The van der Waals surface area contributed by atoms with Gasteiger partial charge in [-0.1, -0.05) is 30.3 Å². The summed E-state index contributed by atoms with van der Waals surface area (Å²) >= 11 is 0. The minimum absolute atomic E-state index is 0.158. The molecule has 0 radical (unpaired) electrons. The van der Waals surface area contributed by atoms with Crippen molar-refractivity contribution in [1.82, 2.24) is 5.32 Å². The van der Waals surface area contributed by atoms with Crippen molar-refractivity contribution in [2.75, 3.05) is 6.54 Å². The Labute approximate surface area is 135 Å². The van der Waals surface area contributed by atoms with Crippen LogP contribution in [0.3, 0.4) is 0 Å². The van der Waals surface area contributed by atoms with Gasteiger partial charge in [0.05, 0.1) is 6.10 Å². The molecule has 23 heavy (non-hydrogen) atoms. The van der Waals surface area contributed by atoms with E-state index in [4.69, 9.17) is 4.74 Å². The molecule has 5 heteroatoms. The van der Waals surface area contributed by atoms with Gasteiger partial charge in [-0.15, -0.1) is 0 Å². The van der Waals surface area contributed by atoms with E-state index in [1.807, 2.05) is 30.3 Å². The summed E-state index contributed by atoms with van der Waals surface area (Å²) < 4.78 is 5.67. The van der Waals surface area contributed by atoms with E-state index in [1.54, 1.807) is 24.3 Å². The first-order valence-electron chi connectivity index (χ1n) is 7.49. The van der Waals surface area contributed by atoms with Crippen LogP contribution in [-0.2, 0) is 4.79 Å². The average Bonchev–Trinajstić information content (AvgIpc) is 2.55. The number of hydrogen-bond acceptors (Lipinski definition) is 4. The number of hydrogen-bond donors (Lipinski definition) is 3. The Balaban J connectivity index is 1.91. The van der Waals surface area contributed by atoms with E-state index >= 15 is 0 Å². The monoisotopic (exact) mass is 315 g/mol. The van der Waals surface area contributed by atoms with Gasteiger partial charge < -0.3 is 20.3 Å². The molecule has 2 aromatic rings. The van der Waals surface area contributed by atoms with Crippen LogP contribution in [0.15, 0.2) is 54.6 Å². The second-order valence-electron chi connectivity index (χ2n) is 5.27. The summed E-state index contributed by atoms with van der Waals surface area (Å²) in [6.07, 6.45) is -1.67. The van der Waals surface area contributed by atoms with Gasteiger partial charge in [-0.25, -0.2) is 0 Å². The van der Waals surface area contributed by atoms with Crippen molar-refractivity contribution >= 4 is 5.91 Å². The van der Waals surface area contributed by atoms with E-state index < -0.39 is 12.2 Å². The number of nitrogens with one attached hydrogen (secondary N) is 1. The molecule has 0 heterocycles. The standard InChI is InChI=1S/C18H21NO4/c1-13(20)19-12-11-17(21)18(22)14-7-9-16(10-8-14)23-15-5-3-2-4-6-15/h2-10,17-18,21-22H,11-12H2,1H3,(H,19,20). The maximum Gasteiger partial charge on any atom is 0.216 e. The van der Waals surface area contributed by atoms with Crippen LogP contribution < -0.4 is 10.1 Å². The highest BCUT2D eigenvalue weighted by Crippen LogP contribution is 2.25. The van der Waals surface area contributed by atoms with Crippen LogP contribution in [0.5, 0.6) is 11.5 Å². The summed E-state index contributed by atoms with van der Waals surface area (Å²) in [6.45, 7) is 1.73. The van der Waals surface area contributed by atoms with Crippen molar-refractivity contribution in [2.24, 2.45) is 0 Å². The highest BCUT2D eigenvalue weighted by atomic mass is 16.5. The largest absolute Gasteiger partial charge is 0.457 e. The molecule has 0 fully saturated rings. The van der Waals surface area contributed by atoms with Gasteiger partial charge in [0, 0.05) is 13.5 Å². The van der Waals surface area contributed by atoms with Crippen molar-refractivity contribution in [3.63, 3.8) is 0 Å². The van der Waals surface area contributed by atoms with Crippen molar-refractivity contribution in [3.8, 4) is 11.5 Å². The molecule has 122 valence electrons. The van der Waals surface area contributed by atoms with Crippen molar-refractivity contribution in [2.45, 2.75) is 25.6 Å². The second kappa shape index (κ2) is 8.31. The minimum atomic E-state index is -1.01. The lowest BCUT2D eigenvalue weighted by atomic mass is 10.0. The lowest BCUT2D eigenvalue weighted by Gasteiger charge is -2.18. The molecular weight excluding hydrogens is 294 g/mol. The van der Waals surface area contributed by atoms with Crippen LogP contribution >= 0.6 is 0 Å². The number of para-hydroxylation sites is 1. The summed E-state index contributed by atoms with van der Waals surface area (Å²) in [5.41, 5.74) is 0.598. The molecule has 0 bridgehead atoms. The average molecular weight is 315 g/mol. The first-order chi connectivity index (χ1) is 11.1. The molecule has 0 aliphatic rings. The van der Waals surface area contributed by atoms with Gasteiger partial charge in [0.25, 0.3) is 0 Å². The number of ether oxygens (including phenoxy) is 1. The smallest absolute Gasteiger partial charge is 0.216 e. The Hall–Kier alpha value is -2.37. The summed E-state index contributed by atoms with van der Waals surface area (Å²) in [4.78, 5) is 10.8. The van der Waals surface area contributed by atoms with E-state index in [9.17, 15) is 15.0 Å². The zero-order valence-corrected chi connectivity index (χ0v) is 13.0. The SMILES string of the molecule is CC(=O)NCCC(O)C(O)c1ccc(Oc2ccccc2)cc1. The highest BCUT2D eigenvalue weighted by molar-refractivity contribution is 5.72. The fraction of sp³-hybridized carbons (Fsp3) is 0.278. The summed E-state index contributed by atoms with van der Waals surface area (Å²) in [6, 6.07) is 16.3. The van der Waals surface area contributed by atoms with Crippen LogP contribution in [0, 0.1) is 0 Å².